The number of thiazole rings is 1. The molecule has 0 spiro atoms. The van der Waals surface area contributed by atoms with Crippen LogP contribution in [0.4, 0.5) is 9.52 Å². The molecule has 1 heterocycles. The van der Waals surface area contributed by atoms with E-state index in [1.165, 1.54) is 28.4 Å². The fourth-order valence-corrected chi connectivity index (χ4v) is 3.27. The Bertz CT molecular complexity index is 835. The van der Waals surface area contributed by atoms with Gasteiger partial charge in [-0.25, -0.2) is 9.37 Å². The lowest BCUT2D eigenvalue weighted by atomic mass is 10.3. The van der Waals surface area contributed by atoms with Crippen molar-refractivity contribution in [2.75, 3.05) is 31.8 Å². The Morgan fingerprint density at radius 2 is 1.96 bits per heavy atom. The summed E-state index contributed by atoms with van der Waals surface area (Å²) in [6.07, 6.45) is 0. The van der Waals surface area contributed by atoms with Gasteiger partial charge in [-0.3, -0.25) is 9.69 Å². The van der Waals surface area contributed by atoms with Crippen molar-refractivity contribution in [2.24, 2.45) is 0 Å². The molecule has 0 aliphatic rings. The number of anilines is 1. The third kappa shape index (κ3) is 4.12. The molecule has 3 aromatic rings. The molecule has 0 N–H and O–H groups in total. The minimum atomic E-state index is -0.501. The molecule has 25 heavy (non-hydrogen) atoms. The molecular weight excluding hydrogens is 343 g/mol. The highest BCUT2D eigenvalue weighted by Crippen LogP contribution is 2.28. The Balaban J connectivity index is 1.77. The van der Waals surface area contributed by atoms with Crippen molar-refractivity contribution in [3.63, 3.8) is 0 Å². The van der Waals surface area contributed by atoms with Gasteiger partial charge in [0, 0.05) is 7.11 Å². The second-order valence-electron chi connectivity index (χ2n) is 5.22. The van der Waals surface area contributed by atoms with Crippen molar-refractivity contribution in [1.29, 1.82) is 0 Å². The van der Waals surface area contributed by atoms with Gasteiger partial charge in [0.05, 0.1) is 23.4 Å². The van der Waals surface area contributed by atoms with Crippen molar-refractivity contribution >= 4 is 32.6 Å². The lowest BCUT2D eigenvalue weighted by Crippen LogP contribution is -2.37. The molecule has 0 saturated heterocycles. The summed E-state index contributed by atoms with van der Waals surface area (Å²) in [4.78, 5) is 18.6. The quantitative estimate of drug-likeness (QED) is 0.647. The number of ether oxygens (including phenoxy) is 2. The van der Waals surface area contributed by atoms with Crippen molar-refractivity contribution in [3.05, 3.63) is 54.3 Å². The molecule has 3 rings (SSSR count). The topological polar surface area (TPSA) is 51.7 Å². The summed E-state index contributed by atoms with van der Waals surface area (Å²) < 4.78 is 25.0. The summed E-state index contributed by atoms with van der Waals surface area (Å²) >= 11 is 1.42. The summed E-state index contributed by atoms with van der Waals surface area (Å²) in [5.41, 5.74) is 0.827. The van der Waals surface area contributed by atoms with Gasteiger partial charge in [-0.2, -0.15) is 0 Å². The molecule has 0 unspecified atom stereocenters. The van der Waals surface area contributed by atoms with Crippen LogP contribution in [-0.4, -0.2) is 37.8 Å². The smallest absolute Gasteiger partial charge is 0.266 e. The maximum atomic E-state index is 13.6. The predicted octanol–water partition coefficient (Wildman–Crippen LogP) is 3.49. The molecule has 0 fully saturated rings. The first kappa shape index (κ1) is 17.3. The van der Waals surface area contributed by atoms with Crippen LogP contribution in [0.1, 0.15) is 0 Å². The number of rotatable bonds is 7. The van der Waals surface area contributed by atoms with Crippen molar-refractivity contribution in [1.82, 2.24) is 4.98 Å². The Morgan fingerprint density at radius 1 is 1.20 bits per heavy atom. The van der Waals surface area contributed by atoms with E-state index < -0.39 is 5.82 Å². The average molecular weight is 360 g/mol. The lowest BCUT2D eigenvalue weighted by Gasteiger charge is -2.19. The summed E-state index contributed by atoms with van der Waals surface area (Å²) in [6.45, 7) is 0.428. The molecule has 1 aromatic heterocycles. The Morgan fingerprint density at radius 3 is 2.72 bits per heavy atom. The van der Waals surface area contributed by atoms with E-state index in [1.807, 2.05) is 24.3 Å². The Hall–Kier alpha value is -2.51. The molecule has 130 valence electrons. The van der Waals surface area contributed by atoms with Gasteiger partial charge in [0.25, 0.3) is 5.91 Å². The Kier molecular flexibility index (Phi) is 5.57. The number of halogens is 1. The molecule has 0 bridgehead atoms. The van der Waals surface area contributed by atoms with Gasteiger partial charge < -0.3 is 9.47 Å². The van der Waals surface area contributed by atoms with Crippen molar-refractivity contribution < 1.29 is 18.7 Å². The van der Waals surface area contributed by atoms with E-state index in [-0.39, 0.29) is 18.3 Å². The number of nitrogens with zero attached hydrogens (tertiary/aromatic N) is 2. The molecule has 0 aliphatic carbocycles. The highest BCUT2D eigenvalue weighted by molar-refractivity contribution is 7.22. The van der Waals surface area contributed by atoms with Crippen LogP contribution < -0.4 is 9.64 Å². The van der Waals surface area contributed by atoms with Gasteiger partial charge in [-0.1, -0.05) is 35.6 Å². The standard InChI is InChI=1S/C18H17FN2O3S/c1-23-11-10-21(18-20-14-7-3-5-9-16(14)25-18)17(22)12-24-15-8-4-2-6-13(15)19/h2-9H,10-12H2,1H3. The predicted molar refractivity (Wildman–Crippen MR) is 95.7 cm³/mol. The second kappa shape index (κ2) is 8.04. The zero-order valence-electron chi connectivity index (χ0n) is 13.6. The third-order valence-corrected chi connectivity index (χ3v) is 4.58. The second-order valence-corrected chi connectivity index (χ2v) is 6.23. The number of hydrogen-bond donors (Lipinski definition) is 0. The zero-order valence-corrected chi connectivity index (χ0v) is 14.5. The molecule has 7 heteroatoms. The van der Waals surface area contributed by atoms with Crippen LogP contribution in [-0.2, 0) is 9.53 Å². The normalized spacial score (nSPS) is 10.8. The van der Waals surface area contributed by atoms with Crippen LogP contribution in [0.5, 0.6) is 5.75 Å². The summed E-state index contributed by atoms with van der Waals surface area (Å²) in [5, 5.41) is 0.570. The minimum Gasteiger partial charge on any atom is -0.481 e. The van der Waals surface area contributed by atoms with E-state index in [0.29, 0.717) is 18.3 Å². The third-order valence-electron chi connectivity index (χ3n) is 3.52. The van der Waals surface area contributed by atoms with Gasteiger partial charge in [-0.15, -0.1) is 0 Å². The number of aromatic nitrogens is 1. The fourth-order valence-electron chi connectivity index (χ4n) is 2.26. The Labute approximate surface area is 148 Å². The number of carbonyl (C=O) groups excluding carboxylic acids is 1. The number of fused-ring (bicyclic) bond motifs is 1. The van der Waals surface area contributed by atoms with Crippen LogP contribution in [0.15, 0.2) is 48.5 Å². The number of carbonyl (C=O) groups is 1. The molecule has 1 amide bonds. The van der Waals surface area contributed by atoms with Gasteiger partial charge in [0.1, 0.15) is 0 Å². The van der Waals surface area contributed by atoms with E-state index in [9.17, 15) is 9.18 Å². The highest BCUT2D eigenvalue weighted by atomic mass is 32.1. The number of hydrogen-bond acceptors (Lipinski definition) is 5. The number of para-hydroxylation sites is 2. The molecule has 0 atom stereocenters. The highest BCUT2D eigenvalue weighted by Gasteiger charge is 2.20. The summed E-state index contributed by atoms with van der Waals surface area (Å²) in [6, 6.07) is 13.7. The van der Waals surface area contributed by atoms with E-state index in [2.05, 4.69) is 4.98 Å². The van der Waals surface area contributed by atoms with E-state index in [4.69, 9.17) is 9.47 Å². The SMILES string of the molecule is COCCN(C(=O)COc1ccccc1F)c1nc2ccccc2s1. The summed E-state index contributed by atoms with van der Waals surface area (Å²) in [5.74, 6) is -0.759. The summed E-state index contributed by atoms with van der Waals surface area (Å²) in [7, 11) is 1.57. The van der Waals surface area contributed by atoms with E-state index >= 15 is 0 Å². The number of benzene rings is 2. The first-order valence-corrected chi connectivity index (χ1v) is 8.53. The molecule has 5 nitrogen and oxygen atoms in total. The largest absolute Gasteiger partial charge is 0.481 e. The molecule has 0 aliphatic heterocycles. The lowest BCUT2D eigenvalue weighted by molar-refractivity contribution is -0.120. The van der Waals surface area contributed by atoms with Crippen LogP contribution in [0.25, 0.3) is 10.2 Å². The van der Waals surface area contributed by atoms with E-state index in [1.54, 1.807) is 19.2 Å². The van der Waals surface area contributed by atoms with E-state index in [0.717, 1.165) is 10.2 Å². The van der Waals surface area contributed by atoms with Gasteiger partial charge in [-0.05, 0) is 24.3 Å². The van der Waals surface area contributed by atoms with Gasteiger partial charge in [0.15, 0.2) is 23.3 Å². The minimum absolute atomic E-state index is 0.0480. The number of methoxy groups -OCH3 is 1. The van der Waals surface area contributed by atoms with Crippen LogP contribution in [0, 0.1) is 5.82 Å². The molecule has 0 radical (unpaired) electrons. The number of amides is 1. The van der Waals surface area contributed by atoms with Crippen molar-refractivity contribution in [2.45, 2.75) is 0 Å². The zero-order chi connectivity index (χ0) is 17.6. The first-order chi connectivity index (χ1) is 12.2. The van der Waals surface area contributed by atoms with Crippen LogP contribution in [0.2, 0.25) is 0 Å². The molecule has 2 aromatic carbocycles. The average Bonchev–Trinajstić information content (AvgIpc) is 3.05. The maximum absolute atomic E-state index is 13.6. The molecule has 0 saturated carbocycles. The van der Waals surface area contributed by atoms with Crippen LogP contribution in [0.3, 0.4) is 0 Å². The molecular formula is C18H17FN2O3S. The fraction of sp³-hybridized carbons (Fsp3) is 0.222. The van der Waals surface area contributed by atoms with Gasteiger partial charge >= 0.3 is 0 Å². The first-order valence-electron chi connectivity index (χ1n) is 7.71. The maximum Gasteiger partial charge on any atom is 0.266 e. The van der Waals surface area contributed by atoms with Gasteiger partial charge in [0.2, 0.25) is 0 Å². The monoisotopic (exact) mass is 360 g/mol. The van der Waals surface area contributed by atoms with Crippen LogP contribution >= 0.6 is 11.3 Å². The van der Waals surface area contributed by atoms with Crippen molar-refractivity contribution in [3.8, 4) is 5.75 Å².